The van der Waals surface area contributed by atoms with E-state index >= 15 is 0 Å². The number of rotatable bonds is 4. The molecule has 0 saturated carbocycles. The van der Waals surface area contributed by atoms with Gasteiger partial charge in [0.2, 0.25) is 0 Å². The zero-order valence-corrected chi connectivity index (χ0v) is 12.5. The first kappa shape index (κ1) is 15.3. The van der Waals surface area contributed by atoms with Crippen molar-refractivity contribution in [3.8, 4) is 0 Å². The number of halogens is 2. The Morgan fingerprint density at radius 3 is 2.71 bits per heavy atom. The predicted octanol–water partition coefficient (Wildman–Crippen LogP) is 3.90. The van der Waals surface area contributed by atoms with Crippen LogP contribution in [0.4, 0.5) is 10.1 Å². The van der Waals surface area contributed by atoms with Crippen LogP contribution in [0.5, 0.6) is 0 Å². The van der Waals surface area contributed by atoms with E-state index in [0.29, 0.717) is 28.4 Å². The van der Waals surface area contributed by atoms with Crippen molar-refractivity contribution in [3.63, 3.8) is 0 Å². The average Bonchev–Trinajstić information content (AvgIpc) is 2.50. The molecule has 0 unspecified atom stereocenters. The second-order valence-corrected chi connectivity index (χ2v) is 5.01. The van der Waals surface area contributed by atoms with E-state index in [1.807, 2.05) is 18.0 Å². The highest BCUT2D eigenvalue weighted by atomic mass is 35.5. The SMILES string of the molecule is COC(=O)c1ccccc1N(C)Cc1cc(F)ccc1Cl. The maximum absolute atomic E-state index is 13.3. The molecule has 0 aromatic heterocycles. The fraction of sp³-hybridized carbons (Fsp3) is 0.188. The van der Waals surface area contributed by atoms with Crippen molar-refractivity contribution in [1.82, 2.24) is 0 Å². The third-order valence-corrected chi connectivity index (χ3v) is 3.50. The van der Waals surface area contributed by atoms with Gasteiger partial charge < -0.3 is 9.64 Å². The molecule has 3 nitrogen and oxygen atoms in total. The molecule has 2 aromatic rings. The van der Waals surface area contributed by atoms with Crippen molar-refractivity contribution < 1.29 is 13.9 Å². The number of hydrogen-bond acceptors (Lipinski definition) is 3. The molecule has 0 radical (unpaired) electrons. The number of benzene rings is 2. The number of para-hydroxylation sites is 1. The lowest BCUT2D eigenvalue weighted by atomic mass is 10.1. The molecule has 2 aromatic carbocycles. The summed E-state index contributed by atoms with van der Waals surface area (Å²) in [4.78, 5) is 13.6. The summed E-state index contributed by atoms with van der Waals surface area (Å²) in [5.74, 6) is -0.758. The first-order chi connectivity index (χ1) is 10.0. The molecule has 2 rings (SSSR count). The Bertz CT molecular complexity index is 660. The number of hydrogen-bond donors (Lipinski definition) is 0. The first-order valence-electron chi connectivity index (χ1n) is 6.35. The lowest BCUT2D eigenvalue weighted by Gasteiger charge is -2.22. The average molecular weight is 308 g/mol. The van der Waals surface area contributed by atoms with Gasteiger partial charge in [-0.3, -0.25) is 0 Å². The third kappa shape index (κ3) is 3.52. The van der Waals surface area contributed by atoms with Crippen LogP contribution in [0.15, 0.2) is 42.5 Å². The molecule has 0 spiro atoms. The van der Waals surface area contributed by atoms with Crippen LogP contribution in [0.1, 0.15) is 15.9 Å². The molecule has 110 valence electrons. The Labute approximate surface area is 127 Å². The fourth-order valence-corrected chi connectivity index (χ4v) is 2.27. The lowest BCUT2D eigenvalue weighted by Crippen LogP contribution is -2.20. The van der Waals surface area contributed by atoms with Crippen LogP contribution >= 0.6 is 11.6 Å². The molecule has 0 aliphatic rings. The van der Waals surface area contributed by atoms with Gasteiger partial charge in [0.1, 0.15) is 5.82 Å². The van der Waals surface area contributed by atoms with Crippen molar-refractivity contribution in [2.45, 2.75) is 6.54 Å². The van der Waals surface area contributed by atoms with Crippen LogP contribution in [-0.2, 0) is 11.3 Å². The van der Waals surface area contributed by atoms with Gasteiger partial charge in [0.25, 0.3) is 0 Å². The van der Waals surface area contributed by atoms with Gasteiger partial charge in [0, 0.05) is 18.6 Å². The van der Waals surface area contributed by atoms with Gasteiger partial charge in [-0.15, -0.1) is 0 Å². The molecular weight excluding hydrogens is 293 g/mol. The van der Waals surface area contributed by atoms with Crippen molar-refractivity contribution in [3.05, 3.63) is 64.4 Å². The van der Waals surface area contributed by atoms with E-state index in [9.17, 15) is 9.18 Å². The number of esters is 1. The van der Waals surface area contributed by atoms with Crippen molar-refractivity contribution >= 4 is 23.3 Å². The molecule has 0 heterocycles. The quantitative estimate of drug-likeness (QED) is 0.802. The molecule has 0 saturated heterocycles. The normalized spacial score (nSPS) is 10.3. The summed E-state index contributed by atoms with van der Waals surface area (Å²) in [7, 11) is 3.14. The minimum atomic E-state index is -0.414. The number of carbonyl (C=O) groups is 1. The van der Waals surface area contributed by atoms with Gasteiger partial charge in [-0.25, -0.2) is 9.18 Å². The smallest absolute Gasteiger partial charge is 0.339 e. The van der Waals surface area contributed by atoms with E-state index in [4.69, 9.17) is 16.3 Å². The number of nitrogens with zero attached hydrogens (tertiary/aromatic N) is 1. The second-order valence-electron chi connectivity index (χ2n) is 4.60. The van der Waals surface area contributed by atoms with Gasteiger partial charge in [0.05, 0.1) is 18.4 Å². The summed E-state index contributed by atoms with van der Waals surface area (Å²) in [5.41, 5.74) is 1.80. The fourth-order valence-electron chi connectivity index (χ4n) is 2.09. The highest BCUT2D eigenvalue weighted by Gasteiger charge is 2.15. The maximum atomic E-state index is 13.3. The number of methoxy groups -OCH3 is 1. The van der Waals surface area contributed by atoms with Gasteiger partial charge >= 0.3 is 5.97 Å². The largest absolute Gasteiger partial charge is 0.465 e. The molecule has 0 N–H and O–H groups in total. The third-order valence-electron chi connectivity index (χ3n) is 3.14. The van der Waals surface area contributed by atoms with E-state index in [2.05, 4.69) is 0 Å². The highest BCUT2D eigenvalue weighted by molar-refractivity contribution is 6.31. The van der Waals surface area contributed by atoms with Crippen LogP contribution in [0.3, 0.4) is 0 Å². The summed E-state index contributed by atoms with van der Waals surface area (Å²) < 4.78 is 18.1. The standard InChI is InChI=1S/C16H15ClFNO2/c1-19(10-11-9-12(18)7-8-14(11)17)15-6-4-3-5-13(15)16(20)21-2/h3-9H,10H2,1-2H3. The topological polar surface area (TPSA) is 29.5 Å². The molecular formula is C16H15ClFNO2. The summed E-state index contributed by atoms with van der Waals surface area (Å²) in [6, 6.07) is 11.3. The predicted molar refractivity (Wildman–Crippen MR) is 81.3 cm³/mol. The zero-order chi connectivity index (χ0) is 15.4. The lowest BCUT2D eigenvalue weighted by molar-refractivity contribution is 0.0601. The van der Waals surface area contributed by atoms with E-state index in [1.54, 1.807) is 18.2 Å². The van der Waals surface area contributed by atoms with Crippen LogP contribution in [0.2, 0.25) is 5.02 Å². The molecule has 0 aliphatic heterocycles. The number of ether oxygens (including phenoxy) is 1. The van der Waals surface area contributed by atoms with Gasteiger partial charge in [-0.05, 0) is 35.9 Å². The van der Waals surface area contributed by atoms with Gasteiger partial charge in [-0.2, -0.15) is 0 Å². The Balaban J connectivity index is 2.30. The van der Waals surface area contributed by atoms with Crippen LogP contribution in [0, 0.1) is 5.82 Å². The van der Waals surface area contributed by atoms with E-state index in [-0.39, 0.29) is 5.82 Å². The minimum absolute atomic E-state index is 0.343. The molecule has 0 amide bonds. The van der Waals surface area contributed by atoms with E-state index < -0.39 is 5.97 Å². The second kappa shape index (κ2) is 6.59. The Kier molecular flexibility index (Phi) is 4.81. The van der Waals surface area contributed by atoms with Crippen molar-refractivity contribution in [2.24, 2.45) is 0 Å². The highest BCUT2D eigenvalue weighted by Crippen LogP contribution is 2.24. The monoisotopic (exact) mass is 307 g/mol. The Hall–Kier alpha value is -2.07. The van der Waals surface area contributed by atoms with Crippen molar-refractivity contribution in [1.29, 1.82) is 0 Å². The molecule has 0 bridgehead atoms. The minimum Gasteiger partial charge on any atom is -0.465 e. The molecule has 5 heteroatoms. The molecule has 21 heavy (non-hydrogen) atoms. The summed E-state index contributed by atoms with van der Waals surface area (Å²) in [6.45, 7) is 0.380. The summed E-state index contributed by atoms with van der Waals surface area (Å²) in [5, 5.41) is 0.485. The van der Waals surface area contributed by atoms with Gasteiger partial charge in [0.15, 0.2) is 0 Å². The molecule has 0 aliphatic carbocycles. The molecule has 0 atom stereocenters. The summed E-state index contributed by atoms with van der Waals surface area (Å²) >= 11 is 6.07. The maximum Gasteiger partial charge on any atom is 0.339 e. The molecule has 0 fully saturated rings. The van der Waals surface area contributed by atoms with Crippen LogP contribution in [-0.4, -0.2) is 20.1 Å². The van der Waals surface area contributed by atoms with Crippen LogP contribution < -0.4 is 4.90 Å². The van der Waals surface area contributed by atoms with Crippen molar-refractivity contribution in [2.75, 3.05) is 19.1 Å². The number of carbonyl (C=O) groups excluding carboxylic acids is 1. The van der Waals surface area contributed by atoms with Crippen LogP contribution in [0.25, 0.3) is 0 Å². The number of anilines is 1. The van der Waals surface area contributed by atoms with Gasteiger partial charge in [-0.1, -0.05) is 23.7 Å². The first-order valence-corrected chi connectivity index (χ1v) is 6.73. The Morgan fingerprint density at radius 1 is 1.29 bits per heavy atom. The Morgan fingerprint density at radius 2 is 2.00 bits per heavy atom. The zero-order valence-electron chi connectivity index (χ0n) is 11.8. The summed E-state index contributed by atoms with van der Waals surface area (Å²) in [6.07, 6.45) is 0. The van der Waals surface area contributed by atoms with E-state index in [1.165, 1.54) is 25.3 Å². The van der Waals surface area contributed by atoms with E-state index in [0.717, 1.165) is 0 Å².